The number of aromatic nitrogens is 1. The van der Waals surface area contributed by atoms with Gasteiger partial charge in [-0.15, -0.1) is 0 Å². The van der Waals surface area contributed by atoms with E-state index in [2.05, 4.69) is 0 Å². The highest BCUT2D eigenvalue weighted by Crippen LogP contribution is 2.40. The van der Waals surface area contributed by atoms with Gasteiger partial charge in [-0.05, 0) is 29.3 Å². The van der Waals surface area contributed by atoms with Crippen LogP contribution in [0.4, 0.5) is 13.2 Å². The summed E-state index contributed by atoms with van der Waals surface area (Å²) >= 11 is 0. The van der Waals surface area contributed by atoms with Gasteiger partial charge in [0.15, 0.2) is 5.60 Å². The molecule has 0 fully saturated rings. The lowest BCUT2D eigenvalue weighted by molar-refractivity contribution is -0.138. The highest BCUT2D eigenvalue weighted by molar-refractivity contribution is 5.46. The number of rotatable bonds is 5. The molecule has 0 saturated carbocycles. The Labute approximate surface area is 177 Å². The van der Waals surface area contributed by atoms with Gasteiger partial charge >= 0.3 is 6.18 Å². The van der Waals surface area contributed by atoms with Crippen molar-refractivity contribution >= 4 is 0 Å². The van der Waals surface area contributed by atoms with Crippen LogP contribution < -0.4 is 0 Å². The van der Waals surface area contributed by atoms with Crippen molar-refractivity contribution in [1.82, 2.24) is 4.57 Å². The summed E-state index contributed by atoms with van der Waals surface area (Å²) in [6.45, 7) is -0.0416. The number of benzene rings is 3. The molecule has 0 atom stereocenters. The Bertz CT molecular complexity index is 1130. The van der Waals surface area contributed by atoms with Crippen LogP contribution in [0.3, 0.4) is 0 Å². The number of phenols is 1. The van der Waals surface area contributed by atoms with Crippen LogP contribution in [0.5, 0.6) is 5.75 Å². The smallest absolute Gasteiger partial charge is 0.419 e. The zero-order valence-electron chi connectivity index (χ0n) is 16.4. The van der Waals surface area contributed by atoms with E-state index >= 15 is 0 Å². The number of para-hydroxylation sites is 1. The van der Waals surface area contributed by atoms with E-state index in [9.17, 15) is 23.4 Å². The van der Waals surface area contributed by atoms with Gasteiger partial charge in [0.25, 0.3) is 0 Å². The third-order valence-corrected chi connectivity index (χ3v) is 5.35. The molecule has 3 nitrogen and oxygen atoms in total. The highest BCUT2D eigenvalue weighted by Gasteiger charge is 2.37. The summed E-state index contributed by atoms with van der Waals surface area (Å²) in [5.74, 6) is -0.808. The number of aliphatic hydroxyl groups is 1. The molecule has 0 amide bonds. The van der Waals surface area contributed by atoms with E-state index in [4.69, 9.17) is 0 Å². The summed E-state index contributed by atoms with van der Waals surface area (Å²) in [7, 11) is 0. The minimum Gasteiger partial charge on any atom is -0.507 e. The molecule has 4 aromatic rings. The normalized spacial score (nSPS) is 12.1. The lowest BCUT2D eigenvalue weighted by atomic mass is 9.83. The third-order valence-electron chi connectivity index (χ3n) is 5.35. The molecule has 0 radical (unpaired) electrons. The molecule has 0 bridgehead atoms. The number of hydrogen-bond acceptors (Lipinski definition) is 2. The number of alkyl halides is 3. The van der Waals surface area contributed by atoms with Crippen LogP contribution in [-0.4, -0.2) is 14.8 Å². The molecule has 0 saturated heterocycles. The molecule has 0 aliphatic rings. The van der Waals surface area contributed by atoms with Crippen molar-refractivity contribution < 1.29 is 23.4 Å². The maximum Gasteiger partial charge on any atom is 0.419 e. The number of phenolic OH excluding ortho intramolecular Hbond substituents is 1. The molecule has 6 heteroatoms. The zero-order chi connectivity index (χ0) is 22.1. The molecular weight excluding hydrogens is 403 g/mol. The Kier molecular flexibility index (Phi) is 5.33. The fourth-order valence-electron chi connectivity index (χ4n) is 3.83. The number of hydrogen-bond donors (Lipinski definition) is 2. The molecular formula is C25H20F3NO2. The second-order valence-electron chi connectivity index (χ2n) is 7.27. The van der Waals surface area contributed by atoms with Gasteiger partial charge in [-0.2, -0.15) is 13.2 Å². The standard InChI is InChI=1S/C25H20F3NO2/c26-25(27,28)21-14-7-9-18(23(21)30)17-29-16-8-15-22(29)24(31,19-10-3-1-4-11-19)20-12-5-2-6-13-20/h1-16,30-31H,17H2. The average molecular weight is 423 g/mol. The fourth-order valence-corrected chi connectivity index (χ4v) is 3.83. The summed E-state index contributed by atoms with van der Waals surface area (Å²) in [5.41, 5.74) is -0.801. The van der Waals surface area contributed by atoms with Crippen LogP contribution in [0, 0.1) is 0 Å². The Morgan fingerprint density at radius 2 is 1.29 bits per heavy atom. The Morgan fingerprint density at radius 1 is 0.710 bits per heavy atom. The van der Waals surface area contributed by atoms with Gasteiger partial charge in [-0.1, -0.05) is 72.8 Å². The Balaban J connectivity index is 1.83. The summed E-state index contributed by atoms with van der Waals surface area (Å²) in [6, 6.07) is 25.1. The van der Waals surface area contributed by atoms with Crippen LogP contribution in [-0.2, 0) is 18.3 Å². The van der Waals surface area contributed by atoms with Crippen molar-refractivity contribution in [1.29, 1.82) is 0 Å². The monoisotopic (exact) mass is 423 g/mol. The quantitative estimate of drug-likeness (QED) is 0.442. The van der Waals surface area contributed by atoms with Gasteiger partial charge in [0.05, 0.1) is 17.8 Å². The van der Waals surface area contributed by atoms with E-state index in [1.54, 1.807) is 47.2 Å². The van der Waals surface area contributed by atoms with Crippen LogP contribution in [0.25, 0.3) is 0 Å². The summed E-state index contributed by atoms with van der Waals surface area (Å²) in [4.78, 5) is 0. The van der Waals surface area contributed by atoms with Crippen molar-refractivity contribution in [3.63, 3.8) is 0 Å². The van der Waals surface area contributed by atoms with Crippen molar-refractivity contribution in [2.75, 3.05) is 0 Å². The van der Waals surface area contributed by atoms with Crippen LogP contribution >= 0.6 is 0 Å². The van der Waals surface area contributed by atoms with Crippen LogP contribution in [0.1, 0.15) is 27.9 Å². The summed E-state index contributed by atoms with van der Waals surface area (Å²) in [6.07, 6.45) is -2.99. The van der Waals surface area contributed by atoms with Crippen LogP contribution in [0.2, 0.25) is 0 Å². The lowest BCUT2D eigenvalue weighted by Gasteiger charge is -2.31. The maximum atomic E-state index is 13.2. The van der Waals surface area contributed by atoms with Gasteiger partial charge in [-0.25, -0.2) is 0 Å². The van der Waals surface area contributed by atoms with Gasteiger partial charge < -0.3 is 14.8 Å². The largest absolute Gasteiger partial charge is 0.507 e. The molecule has 0 spiro atoms. The Morgan fingerprint density at radius 3 is 1.84 bits per heavy atom. The topological polar surface area (TPSA) is 45.4 Å². The first-order chi connectivity index (χ1) is 14.8. The highest BCUT2D eigenvalue weighted by atomic mass is 19.4. The van der Waals surface area contributed by atoms with Crippen LogP contribution in [0.15, 0.2) is 97.2 Å². The SMILES string of the molecule is Oc1c(Cn2cccc2C(O)(c2ccccc2)c2ccccc2)cccc1C(F)(F)F. The van der Waals surface area contributed by atoms with E-state index in [0.717, 1.165) is 6.07 Å². The Hall–Kier alpha value is -3.51. The van der Waals surface area contributed by atoms with E-state index in [1.165, 1.54) is 12.1 Å². The molecule has 4 rings (SSSR count). The van der Waals surface area contributed by atoms with Gasteiger partial charge in [0.1, 0.15) is 5.75 Å². The first kappa shape index (κ1) is 20.8. The van der Waals surface area contributed by atoms with E-state index in [1.807, 2.05) is 36.4 Å². The predicted molar refractivity (Wildman–Crippen MR) is 112 cm³/mol. The minimum absolute atomic E-state index is 0.0416. The molecule has 0 aliphatic heterocycles. The van der Waals surface area contributed by atoms with E-state index in [-0.39, 0.29) is 12.1 Å². The first-order valence-electron chi connectivity index (χ1n) is 9.69. The average Bonchev–Trinajstić information content (AvgIpc) is 3.24. The molecule has 0 unspecified atom stereocenters. The molecule has 158 valence electrons. The molecule has 0 aliphatic carbocycles. The number of nitrogens with zero attached hydrogens (tertiary/aromatic N) is 1. The number of aromatic hydroxyl groups is 1. The molecule has 31 heavy (non-hydrogen) atoms. The lowest BCUT2D eigenvalue weighted by Crippen LogP contribution is -2.31. The van der Waals surface area contributed by atoms with Gasteiger partial charge in [0, 0.05) is 11.8 Å². The second-order valence-corrected chi connectivity index (χ2v) is 7.27. The van der Waals surface area contributed by atoms with Crippen molar-refractivity contribution in [2.45, 2.75) is 18.3 Å². The zero-order valence-corrected chi connectivity index (χ0v) is 16.4. The predicted octanol–water partition coefficient (Wildman–Crippen LogP) is 5.55. The first-order valence-corrected chi connectivity index (χ1v) is 9.69. The molecule has 1 heterocycles. The molecule has 3 aromatic carbocycles. The minimum atomic E-state index is -4.66. The van der Waals surface area contributed by atoms with Crippen molar-refractivity contribution in [3.8, 4) is 5.75 Å². The second kappa shape index (κ2) is 7.96. The van der Waals surface area contributed by atoms with Crippen molar-refractivity contribution in [2.24, 2.45) is 0 Å². The maximum absolute atomic E-state index is 13.2. The molecule has 2 N–H and O–H groups in total. The van der Waals surface area contributed by atoms with E-state index < -0.39 is 23.1 Å². The summed E-state index contributed by atoms with van der Waals surface area (Å²) < 4.78 is 41.3. The molecule has 1 aromatic heterocycles. The fraction of sp³-hybridized carbons (Fsp3) is 0.120. The summed E-state index contributed by atoms with van der Waals surface area (Å²) in [5, 5.41) is 22.2. The van der Waals surface area contributed by atoms with Gasteiger partial charge in [0.2, 0.25) is 0 Å². The third kappa shape index (κ3) is 3.82. The van der Waals surface area contributed by atoms with E-state index in [0.29, 0.717) is 16.8 Å². The van der Waals surface area contributed by atoms with Gasteiger partial charge in [-0.3, -0.25) is 0 Å². The van der Waals surface area contributed by atoms with Crippen molar-refractivity contribution in [3.05, 3.63) is 125 Å². The number of halogens is 3.